The van der Waals surface area contributed by atoms with Gasteiger partial charge in [0.05, 0.1) is 12.5 Å². The molecular formula is C74H87N3O6S2. The Hall–Kier alpha value is -6.43. The van der Waals surface area contributed by atoms with E-state index in [0.717, 1.165) is 130 Å². The second kappa shape index (κ2) is 28.8. The first-order valence-corrected chi connectivity index (χ1v) is 34.5. The van der Waals surface area contributed by atoms with Gasteiger partial charge in [-0.3, -0.25) is 14.4 Å². The number of esters is 1. The maximum atomic E-state index is 14.3. The number of allylic oxidation sites excluding steroid dienone is 6. The van der Waals surface area contributed by atoms with E-state index in [1.54, 1.807) is 22.7 Å². The molecule has 3 heterocycles. The van der Waals surface area contributed by atoms with Gasteiger partial charge in [-0.15, -0.1) is 0 Å². The summed E-state index contributed by atoms with van der Waals surface area (Å²) in [5.41, 5.74) is 6.08. The van der Waals surface area contributed by atoms with Crippen LogP contribution in [0.15, 0.2) is 120 Å². The third kappa shape index (κ3) is 13.6. The zero-order chi connectivity index (χ0) is 58.7. The van der Waals surface area contributed by atoms with Gasteiger partial charge in [-0.1, -0.05) is 206 Å². The lowest BCUT2D eigenvalue weighted by Crippen LogP contribution is -2.36. The molecule has 0 N–H and O–H groups in total. The van der Waals surface area contributed by atoms with Crippen LogP contribution in [-0.2, 0) is 38.8 Å². The molecule has 1 fully saturated rings. The fraction of sp³-hybridized carbons (Fsp3) is 0.473. The summed E-state index contributed by atoms with van der Waals surface area (Å²) in [6.45, 7) is 7.32. The average molecular weight is 1180 g/mol. The van der Waals surface area contributed by atoms with E-state index in [-0.39, 0.29) is 57.3 Å². The van der Waals surface area contributed by atoms with E-state index in [2.05, 4.69) is 76.1 Å². The smallest absolute Gasteiger partial charge is 0.309 e. The molecule has 0 aliphatic heterocycles. The number of unbranched alkanes of at least 4 members (excludes halogenated alkanes) is 21. The van der Waals surface area contributed by atoms with Crippen LogP contribution >= 0.6 is 22.7 Å². The number of thiazole rings is 2. The highest BCUT2D eigenvalue weighted by atomic mass is 32.1. The number of fused-ring (bicyclic) bond motifs is 7. The normalized spacial score (nSPS) is 18.5. The van der Waals surface area contributed by atoms with Gasteiger partial charge >= 0.3 is 5.97 Å². The Labute approximate surface area is 511 Å². The molecule has 3 atom stereocenters. The predicted molar refractivity (Wildman–Crippen MR) is 345 cm³/mol. The van der Waals surface area contributed by atoms with Crippen LogP contribution in [-0.4, -0.2) is 28.7 Å². The van der Waals surface area contributed by atoms with Gasteiger partial charge in [0.25, 0.3) is 10.0 Å². The van der Waals surface area contributed by atoms with Gasteiger partial charge in [0.1, 0.15) is 9.40 Å². The van der Waals surface area contributed by atoms with Crippen molar-refractivity contribution in [1.29, 1.82) is 0 Å². The molecule has 4 aliphatic carbocycles. The first-order valence-electron chi connectivity index (χ1n) is 32.8. The van der Waals surface area contributed by atoms with E-state index < -0.39 is 0 Å². The minimum absolute atomic E-state index is 0.00743. The van der Waals surface area contributed by atoms with Gasteiger partial charge in [-0.25, -0.2) is 0 Å². The molecule has 11 heteroatoms. The SMILES string of the molecule is CCCCCCCCCCCC[n+]1c(/C=C2\C(=O)C(c3ccc4c(c3)c3cc(C5=C([O-])/C(=C\c6sc7ccccc7[n+]6CCCCCCCCCCCC)C5=O)ccc3n4CCCCCCOC(=O)C3CC4C=CC3C4)=C2[O-])sc2ccccc21. The predicted octanol–water partition coefficient (Wildman–Crippen LogP) is 16.4. The lowest BCUT2D eigenvalue weighted by atomic mass is 9.82. The molecule has 446 valence electrons. The van der Waals surface area contributed by atoms with Crippen LogP contribution in [0.1, 0.15) is 202 Å². The van der Waals surface area contributed by atoms with Crippen molar-refractivity contribution in [3.8, 4) is 0 Å². The number of carbonyl (C=O) groups excluding carboxylic acids is 3. The molecule has 11 rings (SSSR count). The Balaban J connectivity index is 0.827. The minimum Gasteiger partial charge on any atom is -0.871 e. The molecule has 85 heavy (non-hydrogen) atoms. The van der Waals surface area contributed by atoms with Gasteiger partial charge < -0.3 is 19.5 Å². The lowest BCUT2D eigenvalue weighted by molar-refractivity contribution is -0.669. The summed E-state index contributed by atoms with van der Waals surface area (Å²) in [4.78, 5) is 41.5. The Morgan fingerprint density at radius 3 is 1.45 bits per heavy atom. The van der Waals surface area contributed by atoms with E-state index in [0.29, 0.717) is 36.1 Å². The second-order valence-electron chi connectivity index (χ2n) is 24.7. The van der Waals surface area contributed by atoms with Crippen molar-refractivity contribution in [1.82, 2.24) is 4.57 Å². The summed E-state index contributed by atoms with van der Waals surface area (Å²) in [5, 5.41) is 32.2. The third-order valence-electron chi connectivity index (χ3n) is 18.7. The standard InChI is InChI=1S/C74H87N3O6S2/c1-3-5-7-9-11-13-15-17-19-28-42-76-62-31-23-25-33-64(62)84-66(76)49-58-70(78)68(71(58)79)53-37-39-60-56(47-53)57-48-54(38-40-61(57)75(60)41-27-21-22-30-44-83-74(82)55-46-51-35-36-52(55)45-51)69-72(80)59(73(69)81)50-67-77(63-32-24-26-34-65(63)85-67)43-29-20-18-16-14-12-10-8-6-4-2/h23-26,31-40,47-52,55H,3-22,27-30,41-46H2,1-2H3. The van der Waals surface area contributed by atoms with Crippen LogP contribution in [0.4, 0.5) is 0 Å². The van der Waals surface area contributed by atoms with Crippen LogP contribution in [0.2, 0.25) is 0 Å². The molecule has 3 aromatic heterocycles. The molecule has 0 spiro atoms. The molecule has 0 radical (unpaired) electrons. The first kappa shape index (κ1) is 60.3. The fourth-order valence-corrected chi connectivity index (χ4v) is 16.1. The van der Waals surface area contributed by atoms with E-state index in [1.807, 2.05) is 60.7 Å². The Morgan fingerprint density at radius 1 is 0.553 bits per heavy atom. The average Bonchev–Trinajstić information content (AvgIpc) is 2.06. The largest absolute Gasteiger partial charge is 0.871 e. The van der Waals surface area contributed by atoms with Gasteiger partial charge in [-0.05, 0) is 104 Å². The lowest BCUT2D eigenvalue weighted by Gasteiger charge is -2.30. The van der Waals surface area contributed by atoms with Crippen molar-refractivity contribution in [3.63, 3.8) is 0 Å². The van der Waals surface area contributed by atoms with E-state index >= 15 is 0 Å². The highest BCUT2D eigenvalue weighted by molar-refractivity contribution is 7.19. The molecule has 7 aromatic rings. The number of benzene rings is 4. The third-order valence-corrected chi connectivity index (χ3v) is 20.9. The number of ketones is 2. The van der Waals surface area contributed by atoms with Crippen molar-refractivity contribution < 1.29 is 38.5 Å². The maximum absolute atomic E-state index is 14.3. The molecule has 2 bridgehead atoms. The second-order valence-corrected chi connectivity index (χ2v) is 26.9. The van der Waals surface area contributed by atoms with Crippen LogP contribution in [0.3, 0.4) is 0 Å². The molecule has 1 saturated carbocycles. The van der Waals surface area contributed by atoms with E-state index in [1.165, 1.54) is 103 Å². The van der Waals surface area contributed by atoms with Crippen LogP contribution in [0.5, 0.6) is 0 Å². The number of Topliss-reactive ketones (excluding diaryl/α,β-unsaturated/α-hetero) is 2. The highest BCUT2D eigenvalue weighted by Gasteiger charge is 2.41. The Kier molecular flexibility index (Phi) is 20.4. The van der Waals surface area contributed by atoms with Gasteiger partial charge in [-0.2, -0.15) is 9.13 Å². The molecule has 4 aliphatic rings. The minimum atomic E-state index is -0.251. The summed E-state index contributed by atoms with van der Waals surface area (Å²) in [5.74, 6) is -0.182. The molecule has 9 nitrogen and oxygen atoms in total. The molecule has 3 unspecified atom stereocenters. The number of aromatic nitrogens is 3. The topological polar surface area (TPSA) is 119 Å². The van der Waals surface area contributed by atoms with Crippen LogP contribution in [0.25, 0.3) is 65.5 Å². The fourth-order valence-electron chi connectivity index (χ4n) is 13.9. The number of nitrogens with zero attached hydrogens (tertiary/aromatic N) is 3. The number of hydrogen-bond acceptors (Lipinski definition) is 8. The van der Waals surface area contributed by atoms with Crippen molar-refractivity contribution in [2.45, 2.75) is 200 Å². The molecule has 0 saturated heterocycles. The summed E-state index contributed by atoms with van der Waals surface area (Å²) in [6, 6.07) is 28.4. The zero-order valence-corrected chi connectivity index (χ0v) is 52.1. The zero-order valence-electron chi connectivity index (χ0n) is 50.4. The number of ether oxygens (including phenoxy) is 1. The molecular weight excluding hydrogens is 1090 g/mol. The summed E-state index contributed by atoms with van der Waals surface area (Å²) < 4.78 is 14.9. The van der Waals surface area contributed by atoms with E-state index in [9.17, 15) is 24.6 Å². The van der Waals surface area contributed by atoms with Crippen molar-refractivity contribution in [3.05, 3.63) is 141 Å². The van der Waals surface area contributed by atoms with Crippen LogP contribution in [0, 0.1) is 17.8 Å². The van der Waals surface area contributed by atoms with Gasteiger partial charge in [0.2, 0.25) is 11.0 Å². The number of hydrogen-bond donors (Lipinski definition) is 0. The highest BCUT2D eigenvalue weighted by Crippen LogP contribution is 2.45. The van der Waals surface area contributed by atoms with E-state index in [4.69, 9.17) is 4.74 Å². The number of para-hydroxylation sites is 2. The van der Waals surface area contributed by atoms with Crippen molar-refractivity contribution in [2.75, 3.05) is 6.61 Å². The monoisotopic (exact) mass is 1180 g/mol. The quantitative estimate of drug-likeness (QED) is 0.0130. The molecule has 0 amide bonds. The van der Waals surface area contributed by atoms with Crippen molar-refractivity contribution in [2.24, 2.45) is 17.8 Å². The summed E-state index contributed by atoms with van der Waals surface area (Å²) in [7, 11) is 0. The summed E-state index contributed by atoms with van der Waals surface area (Å²) >= 11 is 3.25. The van der Waals surface area contributed by atoms with Gasteiger partial charge in [0, 0.05) is 87.8 Å². The van der Waals surface area contributed by atoms with Crippen LogP contribution < -0.4 is 19.3 Å². The number of carbonyl (C=O) groups is 3. The Bertz CT molecular complexity index is 3500. The van der Waals surface area contributed by atoms with Crippen molar-refractivity contribution >= 4 is 106 Å². The first-order chi connectivity index (χ1) is 41.7. The summed E-state index contributed by atoms with van der Waals surface area (Å²) in [6.07, 6.45) is 38.7. The maximum Gasteiger partial charge on any atom is 0.309 e. The Morgan fingerprint density at radius 2 is 1.00 bits per heavy atom. The number of aryl methyl sites for hydroxylation is 3. The number of rotatable bonds is 34. The molecule has 4 aromatic carbocycles. The van der Waals surface area contributed by atoms with Gasteiger partial charge in [0.15, 0.2) is 24.7 Å².